The molecule has 0 saturated carbocycles. The summed E-state index contributed by atoms with van der Waals surface area (Å²) in [6.07, 6.45) is 2.37. The predicted molar refractivity (Wildman–Crippen MR) is 67.8 cm³/mol. The minimum absolute atomic E-state index is 0.790. The number of rotatable bonds is 6. The molecule has 0 radical (unpaired) electrons. The topological polar surface area (TPSA) is 24.1 Å². The van der Waals surface area contributed by atoms with Crippen LogP contribution >= 0.6 is 11.6 Å². The van der Waals surface area contributed by atoms with Crippen molar-refractivity contribution < 1.29 is 0 Å². The molecule has 0 heterocycles. The van der Waals surface area contributed by atoms with Gasteiger partial charge in [-0.05, 0) is 51.1 Å². The van der Waals surface area contributed by atoms with Crippen molar-refractivity contribution in [3.05, 3.63) is 28.8 Å². The molecule has 0 bridgehead atoms. The van der Waals surface area contributed by atoms with Gasteiger partial charge in [0.1, 0.15) is 0 Å². The van der Waals surface area contributed by atoms with Crippen molar-refractivity contribution >= 4 is 17.3 Å². The summed E-state index contributed by atoms with van der Waals surface area (Å²) in [6, 6.07) is 5.94. The van der Waals surface area contributed by atoms with E-state index in [4.69, 9.17) is 11.6 Å². The largest absolute Gasteiger partial charge is 0.385 e. The molecule has 1 aromatic rings. The molecule has 0 aliphatic carbocycles. The number of halogens is 1. The Bertz CT molecular complexity index is 300. The molecule has 0 atom stereocenters. The van der Waals surface area contributed by atoms with Gasteiger partial charge in [-0.25, -0.2) is 0 Å². The van der Waals surface area contributed by atoms with E-state index in [1.165, 1.54) is 18.4 Å². The highest BCUT2D eigenvalue weighted by atomic mass is 35.5. The summed E-state index contributed by atoms with van der Waals surface area (Å²) in [4.78, 5) is 0. The second kappa shape index (κ2) is 6.70. The van der Waals surface area contributed by atoms with E-state index < -0.39 is 0 Å². The Hall–Kier alpha value is -0.730. The molecule has 0 aliphatic rings. The first kappa shape index (κ1) is 12.3. The second-order valence-electron chi connectivity index (χ2n) is 3.70. The Morgan fingerprint density at radius 1 is 1.20 bits per heavy atom. The number of anilines is 1. The minimum Gasteiger partial charge on any atom is -0.385 e. The van der Waals surface area contributed by atoms with Crippen LogP contribution in [0.1, 0.15) is 18.4 Å². The van der Waals surface area contributed by atoms with E-state index in [0.717, 1.165) is 23.8 Å². The molecule has 0 aliphatic heterocycles. The molecule has 0 amide bonds. The van der Waals surface area contributed by atoms with Crippen LogP contribution in [0.5, 0.6) is 0 Å². The van der Waals surface area contributed by atoms with Gasteiger partial charge in [0.05, 0.1) is 0 Å². The standard InChI is InChI=1S/C12H19ClN2/c1-10-5-6-11(13)9-12(10)15-8-4-3-7-14-2/h5-6,9,14-15H,3-4,7-8H2,1-2H3. The number of hydrogen-bond acceptors (Lipinski definition) is 2. The number of benzene rings is 1. The molecule has 2 N–H and O–H groups in total. The van der Waals surface area contributed by atoms with Crippen molar-refractivity contribution in [1.29, 1.82) is 0 Å². The lowest BCUT2D eigenvalue weighted by atomic mass is 10.2. The molecule has 0 fully saturated rings. The highest BCUT2D eigenvalue weighted by molar-refractivity contribution is 6.30. The third-order valence-electron chi connectivity index (χ3n) is 2.37. The number of unbranched alkanes of at least 4 members (excludes halogenated alkanes) is 1. The molecule has 1 rings (SSSR count). The van der Waals surface area contributed by atoms with Crippen molar-refractivity contribution in [2.75, 3.05) is 25.5 Å². The summed E-state index contributed by atoms with van der Waals surface area (Å²) in [6.45, 7) is 4.17. The van der Waals surface area contributed by atoms with Gasteiger partial charge in [0, 0.05) is 17.3 Å². The zero-order valence-electron chi connectivity index (χ0n) is 9.44. The number of aryl methyl sites for hydroxylation is 1. The van der Waals surface area contributed by atoms with Gasteiger partial charge in [-0.15, -0.1) is 0 Å². The van der Waals surface area contributed by atoms with Crippen LogP contribution < -0.4 is 10.6 Å². The molecule has 3 heteroatoms. The van der Waals surface area contributed by atoms with Crippen LogP contribution in [0.4, 0.5) is 5.69 Å². The van der Waals surface area contributed by atoms with Crippen LogP contribution in [0.25, 0.3) is 0 Å². The Labute approximate surface area is 97.0 Å². The molecule has 15 heavy (non-hydrogen) atoms. The lowest BCUT2D eigenvalue weighted by molar-refractivity contribution is 0.694. The molecular formula is C12H19ClN2. The molecule has 1 aromatic carbocycles. The normalized spacial score (nSPS) is 10.3. The van der Waals surface area contributed by atoms with E-state index in [2.05, 4.69) is 17.6 Å². The van der Waals surface area contributed by atoms with Gasteiger partial charge in [-0.2, -0.15) is 0 Å². The van der Waals surface area contributed by atoms with Crippen molar-refractivity contribution in [3.8, 4) is 0 Å². The maximum Gasteiger partial charge on any atom is 0.0426 e. The third-order valence-corrected chi connectivity index (χ3v) is 2.60. The molecule has 0 saturated heterocycles. The zero-order valence-corrected chi connectivity index (χ0v) is 10.2. The van der Waals surface area contributed by atoms with Gasteiger partial charge >= 0.3 is 0 Å². The van der Waals surface area contributed by atoms with Crippen LogP contribution in [0.3, 0.4) is 0 Å². The lowest BCUT2D eigenvalue weighted by Crippen LogP contribution is -2.10. The SMILES string of the molecule is CNCCCCNc1cc(Cl)ccc1C. The Balaban J connectivity index is 2.33. The van der Waals surface area contributed by atoms with E-state index in [1.807, 2.05) is 25.2 Å². The first-order valence-corrected chi connectivity index (χ1v) is 5.76. The van der Waals surface area contributed by atoms with Crippen LogP contribution in [0.2, 0.25) is 5.02 Å². The second-order valence-corrected chi connectivity index (χ2v) is 4.13. The monoisotopic (exact) mass is 226 g/mol. The molecule has 0 spiro atoms. The maximum atomic E-state index is 5.93. The summed E-state index contributed by atoms with van der Waals surface area (Å²) in [5.74, 6) is 0. The average molecular weight is 227 g/mol. The highest BCUT2D eigenvalue weighted by Crippen LogP contribution is 2.19. The molecule has 0 unspecified atom stereocenters. The van der Waals surface area contributed by atoms with Crippen LogP contribution in [-0.2, 0) is 0 Å². The van der Waals surface area contributed by atoms with Crippen LogP contribution in [-0.4, -0.2) is 20.1 Å². The zero-order chi connectivity index (χ0) is 11.1. The summed E-state index contributed by atoms with van der Waals surface area (Å²) in [7, 11) is 1.98. The summed E-state index contributed by atoms with van der Waals surface area (Å²) in [5, 5.41) is 7.33. The Morgan fingerprint density at radius 2 is 1.93 bits per heavy atom. The fourth-order valence-electron chi connectivity index (χ4n) is 1.43. The first-order valence-electron chi connectivity index (χ1n) is 5.38. The molecule has 84 valence electrons. The first-order chi connectivity index (χ1) is 7.24. The molecule has 2 nitrogen and oxygen atoms in total. The molecule has 0 aromatic heterocycles. The quantitative estimate of drug-likeness (QED) is 0.729. The van der Waals surface area contributed by atoms with Gasteiger partial charge in [0.15, 0.2) is 0 Å². The Kier molecular flexibility index (Phi) is 5.51. The predicted octanol–water partition coefficient (Wildman–Crippen LogP) is 3.06. The smallest absolute Gasteiger partial charge is 0.0426 e. The summed E-state index contributed by atoms with van der Waals surface area (Å²) in [5.41, 5.74) is 2.39. The molecular weight excluding hydrogens is 208 g/mol. The highest BCUT2D eigenvalue weighted by Gasteiger charge is 1.97. The summed E-state index contributed by atoms with van der Waals surface area (Å²) >= 11 is 5.93. The van der Waals surface area contributed by atoms with E-state index in [0.29, 0.717) is 0 Å². The van der Waals surface area contributed by atoms with Gasteiger partial charge in [-0.1, -0.05) is 17.7 Å². The van der Waals surface area contributed by atoms with Gasteiger partial charge in [0.25, 0.3) is 0 Å². The van der Waals surface area contributed by atoms with Gasteiger partial charge in [0.2, 0.25) is 0 Å². The van der Waals surface area contributed by atoms with Crippen molar-refractivity contribution in [2.24, 2.45) is 0 Å². The van der Waals surface area contributed by atoms with Crippen LogP contribution in [0.15, 0.2) is 18.2 Å². The van der Waals surface area contributed by atoms with Crippen molar-refractivity contribution in [1.82, 2.24) is 5.32 Å². The minimum atomic E-state index is 0.790. The third kappa shape index (κ3) is 4.54. The van der Waals surface area contributed by atoms with Crippen LogP contribution in [0, 0.1) is 6.92 Å². The number of nitrogens with one attached hydrogen (secondary N) is 2. The number of hydrogen-bond donors (Lipinski definition) is 2. The van der Waals surface area contributed by atoms with E-state index in [1.54, 1.807) is 0 Å². The fourth-order valence-corrected chi connectivity index (χ4v) is 1.61. The van der Waals surface area contributed by atoms with Crippen molar-refractivity contribution in [3.63, 3.8) is 0 Å². The van der Waals surface area contributed by atoms with E-state index in [9.17, 15) is 0 Å². The average Bonchev–Trinajstić information content (AvgIpc) is 2.23. The maximum absolute atomic E-state index is 5.93. The Morgan fingerprint density at radius 3 is 2.67 bits per heavy atom. The lowest BCUT2D eigenvalue weighted by Gasteiger charge is -2.09. The summed E-state index contributed by atoms with van der Waals surface area (Å²) < 4.78 is 0. The van der Waals surface area contributed by atoms with Crippen molar-refractivity contribution in [2.45, 2.75) is 19.8 Å². The fraction of sp³-hybridized carbons (Fsp3) is 0.500. The van der Waals surface area contributed by atoms with Gasteiger partial charge < -0.3 is 10.6 Å². The van der Waals surface area contributed by atoms with E-state index >= 15 is 0 Å². The van der Waals surface area contributed by atoms with Gasteiger partial charge in [-0.3, -0.25) is 0 Å². The van der Waals surface area contributed by atoms with E-state index in [-0.39, 0.29) is 0 Å².